The molecule has 0 fully saturated rings. The predicted molar refractivity (Wildman–Crippen MR) is 93.2 cm³/mol. The Bertz CT molecular complexity index is 1070. The molecule has 128 valence electrons. The second-order valence-corrected chi connectivity index (χ2v) is 7.00. The minimum Gasteiger partial charge on any atom is -0.507 e. The Morgan fingerprint density at radius 3 is 2.60 bits per heavy atom. The first kappa shape index (κ1) is 16.0. The van der Waals surface area contributed by atoms with Gasteiger partial charge in [0.2, 0.25) is 0 Å². The molecule has 3 nitrogen and oxygen atoms in total. The summed E-state index contributed by atoms with van der Waals surface area (Å²) in [4.78, 5) is 13.2. The highest BCUT2D eigenvalue weighted by Crippen LogP contribution is 2.45. The number of aliphatic hydroxyl groups excluding tert-OH is 1. The van der Waals surface area contributed by atoms with Gasteiger partial charge in [-0.1, -0.05) is 24.3 Å². The van der Waals surface area contributed by atoms with Crippen molar-refractivity contribution < 1.29 is 23.1 Å². The zero-order valence-electron chi connectivity index (χ0n) is 13.0. The molecule has 7 heteroatoms. The number of Topliss-reactive ketones (excluding diaryl/α,β-unsaturated/α-hetero) is 1. The fourth-order valence-electron chi connectivity index (χ4n) is 3.25. The summed E-state index contributed by atoms with van der Waals surface area (Å²) in [5, 5.41) is 12.4. The lowest BCUT2D eigenvalue weighted by Gasteiger charge is -2.29. The van der Waals surface area contributed by atoms with Crippen molar-refractivity contribution in [3.63, 3.8) is 0 Å². The number of carbonyl (C=O) groups excluding carboxylic acids is 1. The predicted octanol–water partition coefficient (Wildman–Crippen LogP) is 4.90. The van der Waals surface area contributed by atoms with Gasteiger partial charge in [0.05, 0.1) is 22.5 Å². The molecule has 0 bridgehead atoms. The van der Waals surface area contributed by atoms with E-state index in [9.17, 15) is 23.1 Å². The summed E-state index contributed by atoms with van der Waals surface area (Å²) in [6.07, 6.45) is -5.01. The monoisotopic (exact) mass is 363 g/mol. The van der Waals surface area contributed by atoms with E-state index in [4.69, 9.17) is 0 Å². The third-order valence-electron chi connectivity index (χ3n) is 4.37. The highest BCUT2D eigenvalue weighted by Gasteiger charge is 2.44. The zero-order chi connectivity index (χ0) is 17.9. The Balaban J connectivity index is 2.00. The third-order valence-corrected chi connectivity index (χ3v) is 5.56. The van der Waals surface area contributed by atoms with Gasteiger partial charge in [-0.3, -0.25) is 4.79 Å². The number of benzene rings is 2. The zero-order valence-corrected chi connectivity index (χ0v) is 13.8. The van der Waals surface area contributed by atoms with Gasteiger partial charge in [0.1, 0.15) is 5.76 Å². The Morgan fingerprint density at radius 2 is 1.88 bits per heavy atom. The molecule has 0 amide bonds. The Labute approximate surface area is 144 Å². The van der Waals surface area contributed by atoms with E-state index in [1.54, 1.807) is 24.1 Å². The van der Waals surface area contributed by atoms with Gasteiger partial charge in [-0.2, -0.15) is 13.2 Å². The van der Waals surface area contributed by atoms with Crippen LogP contribution < -0.4 is 4.90 Å². The standard InChI is InChI=1S/C18H12F3NO2S/c1-22-8-12(17(24)18(19,20)21)15(23)11-7-6-10-9-4-2-3-5-13(9)25-16(10)14(11)22/h2-7,23H,8H2,1H3. The van der Waals surface area contributed by atoms with Gasteiger partial charge < -0.3 is 10.0 Å². The van der Waals surface area contributed by atoms with Crippen molar-refractivity contribution in [3.8, 4) is 0 Å². The van der Waals surface area contributed by atoms with Crippen LogP contribution >= 0.6 is 11.3 Å². The number of hydrogen-bond acceptors (Lipinski definition) is 4. The lowest BCUT2D eigenvalue weighted by atomic mass is 9.96. The van der Waals surface area contributed by atoms with E-state index < -0.39 is 23.3 Å². The molecule has 2 heterocycles. The van der Waals surface area contributed by atoms with Crippen molar-refractivity contribution in [3.05, 3.63) is 47.5 Å². The molecule has 3 aromatic rings. The first-order valence-corrected chi connectivity index (χ1v) is 8.30. The maximum atomic E-state index is 12.8. The van der Waals surface area contributed by atoms with Crippen LogP contribution in [0.2, 0.25) is 0 Å². The maximum absolute atomic E-state index is 12.8. The van der Waals surface area contributed by atoms with Crippen LogP contribution in [0.5, 0.6) is 0 Å². The van der Waals surface area contributed by atoms with Crippen LogP contribution in [0.4, 0.5) is 18.9 Å². The summed E-state index contributed by atoms with van der Waals surface area (Å²) in [5.74, 6) is -2.59. The minimum atomic E-state index is -5.01. The number of likely N-dealkylation sites (N-methyl/N-ethyl adjacent to an activating group) is 1. The number of aliphatic hydroxyl groups is 1. The number of fused-ring (bicyclic) bond motifs is 5. The van der Waals surface area contributed by atoms with E-state index >= 15 is 0 Å². The average molecular weight is 363 g/mol. The number of carbonyl (C=O) groups is 1. The quantitative estimate of drug-likeness (QED) is 0.668. The second-order valence-electron chi connectivity index (χ2n) is 5.95. The number of anilines is 1. The van der Waals surface area contributed by atoms with Gasteiger partial charge in [0.25, 0.3) is 5.78 Å². The number of nitrogens with zero attached hydrogens (tertiary/aromatic N) is 1. The number of hydrogen-bond donors (Lipinski definition) is 1. The summed E-state index contributed by atoms with van der Waals surface area (Å²) in [5.41, 5.74) is 0.276. The van der Waals surface area contributed by atoms with Crippen LogP contribution in [0.3, 0.4) is 0 Å². The Hall–Kier alpha value is -2.54. The maximum Gasteiger partial charge on any atom is 0.454 e. The first-order valence-electron chi connectivity index (χ1n) is 7.48. The summed E-state index contributed by atoms with van der Waals surface area (Å²) < 4.78 is 40.3. The lowest BCUT2D eigenvalue weighted by molar-refractivity contribution is -0.166. The minimum absolute atomic E-state index is 0.250. The molecule has 0 aliphatic carbocycles. The lowest BCUT2D eigenvalue weighted by Crippen LogP contribution is -2.35. The van der Waals surface area contributed by atoms with Gasteiger partial charge in [-0.25, -0.2) is 0 Å². The van der Waals surface area contributed by atoms with Crippen molar-refractivity contribution >= 4 is 48.7 Å². The van der Waals surface area contributed by atoms with Gasteiger partial charge in [0.15, 0.2) is 0 Å². The van der Waals surface area contributed by atoms with Crippen LogP contribution in [0.25, 0.3) is 25.9 Å². The number of rotatable bonds is 1. The normalized spacial score (nSPS) is 15.1. The molecule has 1 aliphatic heterocycles. The van der Waals surface area contributed by atoms with Crippen LogP contribution in [0.15, 0.2) is 42.0 Å². The Morgan fingerprint density at radius 1 is 1.16 bits per heavy atom. The van der Waals surface area contributed by atoms with Crippen LogP contribution in [-0.4, -0.2) is 30.7 Å². The van der Waals surface area contributed by atoms with Gasteiger partial charge in [-0.05, 0) is 12.1 Å². The van der Waals surface area contributed by atoms with Gasteiger partial charge in [-0.15, -0.1) is 11.3 Å². The summed E-state index contributed by atoms with van der Waals surface area (Å²) >= 11 is 1.51. The van der Waals surface area contributed by atoms with Crippen LogP contribution in [0, 0.1) is 0 Å². The largest absolute Gasteiger partial charge is 0.507 e. The summed E-state index contributed by atoms with van der Waals surface area (Å²) in [6, 6.07) is 11.2. The van der Waals surface area contributed by atoms with E-state index in [-0.39, 0.29) is 12.1 Å². The van der Waals surface area contributed by atoms with Crippen molar-refractivity contribution in [2.24, 2.45) is 0 Å². The van der Waals surface area contributed by atoms with E-state index in [0.29, 0.717) is 5.69 Å². The molecule has 4 rings (SSSR count). The first-order chi connectivity index (χ1) is 11.8. The molecule has 0 atom stereocenters. The summed E-state index contributed by atoms with van der Waals surface area (Å²) in [7, 11) is 1.62. The highest BCUT2D eigenvalue weighted by atomic mass is 32.1. The van der Waals surface area contributed by atoms with Crippen LogP contribution in [0.1, 0.15) is 5.56 Å². The average Bonchev–Trinajstić information content (AvgIpc) is 2.94. The molecule has 1 N–H and O–H groups in total. The highest BCUT2D eigenvalue weighted by molar-refractivity contribution is 7.26. The fraction of sp³-hybridized carbons (Fsp3) is 0.167. The number of alkyl halides is 3. The summed E-state index contributed by atoms with van der Waals surface area (Å²) in [6.45, 7) is -0.287. The molecule has 0 spiro atoms. The topological polar surface area (TPSA) is 40.5 Å². The van der Waals surface area contributed by atoms with Crippen molar-refractivity contribution in [2.75, 3.05) is 18.5 Å². The number of ketones is 1. The molecule has 1 aromatic heterocycles. The molecule has 0 radical (unpaired) electrons. The molecule has 25 heavy (non-hydrogen) atoms. The Kier molecular flexibility index (Phi) is 3.34. The van der Waals surface area contributed by atoms with E-state index in [1.165, 1.54) is 11.3 Å². The van der Waals surface area contributed by atoms with Crippen molar-refractivity contribution in [2.45, 2.75) is 6.18 Å². The molecular formula is C18H12F3NO2S. The molecule has 2 aromatic carbocycles. The van der Waals surface area contributed by atoms with E-state index in [2.05, 4.69) is 0 Å². The molecule has 0 unspecified atom stereocenters. The van der Waals surface area contributed by atoms with Crippen molar-refractivity contribution in [1.29, 1.82) is 0 Å². The van der Waals surface area contributed by atoms with Gasteiger partial charge >= 0.3 is 6.18 Å². The van der Waals surface area contributed by atoms with E-state index in [0.717, 1.165) is 20.2 Å². The SMILES string of the molecule is CN1CC(C(=O)C(F)(F)F)=C(O)c2ccc3c(sc4ccccc43)c21. The fourth-order valence-corrected chi connectivity index (χ4v) is 4.55. The third kappa shape index (κ3) is 2.30. The second kappa shape index (κ2) is 5.23. The van der Waals surface area contributed by atoms with E-state index in [1.807, 2.05) is 24.3 Å². The van der Waals surface area contributed by atoms with Crippen molar-refractivity contribution in [1.82, 2.24) is 0 Å². The number of thiophene rings is 1. The van der Waals surface area contributed by atoms with Crippen LogP contribution in [-0.2, 0) is 4.79 Å². The molecule has 0 saturated carbocycles. The molecule has 1 aliphatic rings. The van der Waals surface area contributed by atoms with Gasteiger partial charge in [0, 0.05) is 28.1 Å². The smallest absolute Gasteiger partial charge is 0.454 e. The molecular weight excluding hydrogens is 351 g/mol. The number of halogens is 3. The molecule has 0 saturated heterocycles.